The molecule has 0 saturated heterocycles. The van der Waals surface area contributed by atoms with Gasteiger partial charge in [0.2, 0.25) is 0 Å². The number of H-pyrrole nitrogens is 1. The summed E-state index contributed by atoms with van der Waals surface area (Å²) >= 11 is 7.24. The van der Waals surface area contributed by atoms with Gasteiger partial charge in [-0.3, -0.25) is 14.9 Å². The number of carbonyl (C=O) groups excluding carboxylic acids is 1. The molecule has 0 spiro atoms. The summed E-state index contributed by atoms with van der Waals surface area (Å²) in [4.78, 5) is 28.1. The Morgan fingerprint density at radius 2 is 2.00 bits per heavy atom. The fourth-order valence-electron chi connectivity index (χ4n) is 1.88. The molecule has 1 aromatic carbocycles. The fourth-order valence-corrected chi connectivity index (χ4v) is 2.85. The number of anilines is 1. The van der Waals surface area contributed by atoms with Crippen molar-refractivity contribution in [2.45, 2.75) is 6.42 Å². The molecule has 6 nitrogen and oxygen atoms in total. The third-order valence-electron chi connectivity index (χ3n) is 2.98. The van der Waals surface area contributed by atoms with Crippen LogP contribution in [0.25, 0.3) is 0 Å². The monoisotopic (exact) mass is 346 g/mol. The van der Waals surface area contributed by atoms with E-state index in [4.69, 9.17) is 11.6 Å². The highest BCUT2D eigenvalue weighted by atomic mass is 35.5. The number of amides is 1. The minimum atomic E-state index is -0.423. The molecule has 0 saturated carbocycles. The molecule has 8 heteroatoms. The second kappa shape index (κ2) is 6.72. The molecule has 0 bridgehead atoms. The molecule has 0 atom stereocenters. The topological polar surface area (TPSA) is 87.7 Å². The molecule has 2 heterocycles. The number of thiazole rings is 1. The number of halogens is 1. The Bertz CT molecular complexity index is 868. The SMILES string of the molecule is O=C(Nc1ncc(Cc2ccc(Cl)cc2)s1)c1ccc(=O)[nH]n1. The van der Waals surface area contributed by atoms with Gasteiger partial charge in [-0.05, 0) is 23.8 Å². The lowest BCUT2D eigenvalue weighted by molar-refractivity contribution is 0.102. The molecule has 0 aliphatic rings. The van der Waals surface area contributed by atoms with Crippen molar-refractivity contribution in [3.63, 3.8) is 0 Å². The van der Waals surface area contributed by atoms with E-state index in [2.05, 4.69) is 20.5 Å². The maximum absolute atomic E-state index is 12.0. The Morgan fingerprint density at radius 3 is 2.70 bits per heavy atom. The summed E-state index contributed by atoms with van der Waals surface area (Å²) < 4.78 is 0. The second-order valence-corrected chi connectivity index (χ2v) is 6.25. The standard InChI is InChI=1S/C15H11ClN4O2S/c16-10-3-1-9(2-4-10)7-11-8-17-15(23-11)18-14(22)12-5-6-13(21)20-19-12/h1-6,8H,7H2,(H,20,21)(H,17,18,22). The minimum absolute atomic E-state index is 0.124. The Hall–Kier alpha value is -2.51. The summed E-state index contributed by atoms with van der Waals surface area (Å²) in [5, 5.41) is 9.72. The van der Waals surface area contributed by atoms with Gasteiger partial charge in [-0.2, -0.15) is 5.10 Å². The highest BCUT2D eigenvalue weighted by Gasteiger charge is 2.11. The number of hydrogen-bond acceptors (Lipinski definition) is 5. The zero-order valence-corrected chi connectivity index (χ0v) is 13.3. The van der Waals surface area contributed by atoms with Crippen LogP contribution in [0.4, 0.5) is 5.13 Å². The number of carbonyl (C=O) groups is 1. The Morgan fingerprint density at radius 1 is 1.22 bits per heavy atom. The van der Waals surface area contributed by atoms with E-state index >= 15 is 0 Å². The van der Waals surface area contributed by atoms with Gasteiger partial charge in [0.15, 0.2) is 5.13 Å². The number of aromatic amines is 1. The number of nitrogens with zero attached hydrogens (tertiary/aromatic N) is 2. The highest BCUT2D eigenvalue weighted by Crippen LogP contribution is 2.22. The van der Waals surface area contributed by atoms with Gasteiger partial charge in [-0.25, -0.2) is 10.1 Å². The second-order valence-electron chi connectivity index (χ2n) is 4.70. The normalized spacial score (nSPS) is 10.5. The highest BCUT2D eigenvalue weighted by molar-refractivity contribution is 7.15. The van der Waals surface area contributed by atoms with E-state index in [1.165, 1.54) is 23.5 Å². The Kier molecular flexibility index (Phi) is 4.50. The lowest BCUT2D eigenvalue weighted by Crippen LogP contribution is -2.17. The lowest BCUT2D eigenvalue weighted by atomic mass is 10.1. The van der Waals surface area contributed by atoms with Crippen LogP contribution in [0.15, 0.2) is 47.4 Å². The molecule has 0 aliphatic heterocycles. The van der Waals surface area contributed by atoms with Crippen LogP contribution in [-0.4, -0.2) is 21.1 Å². The van der Waals surface area contributed by atoms with Gasteiger partial charge in [0.1, 0.15) is 5.69 Å². The van der Waals surface area contributed by atoms with Crippen molar-refractivity contribution >= 4 is 34.0 Å². The predicted octanol–water partition coefficient (Wildman–Crippen LogP) is 2.72. The third kappa shape index (κ3) is 4.02. The van der Waals surface area contributed by atoms with Crippen molar-refractivity contribution in [2.75, 3.05) is 5.32 Å². The molecular formula is C15H11ClN4O2S. The van der Waals surface area contributed by atoms with E-state index in [1.807, 2.05) is 24.3 Å². The molecule has 3 aromatic rings. The number of rotatable bonds is 4. The molecular weight excluding hydrogens is 336 g/mol. The van der Waals surface area contributed by atoms with E-state index in [1.54, 1.807) is 6.20 Å². The van der Waals surface area contributed by atoms with Crippen molar-refractivity contribution < 1.29 is 4.79 Å². The zero-order chi connectivity index (χ0) is 16.2. The van der Waals surface area contributed by atoms with Crippen LogP contribution < -0.4 is 10.9 Å². The van der Waals surface area contributed by atoms with Crippen LogP contribution in [-0.2, 0) is 6.42 Å². The first-order chi connectivity index (χ1) is 11.1. The lowest BCUT2D eigenvalue weighted by Gasteiger charge is -2.00. The van der Waals surface area contributed by atoms with Gasteiger partial charge >= 0.3 is 0 Å². The molecule has 0 aliphatic carbocycles. The quantitative estimate of drug-likeness (QED) is 0.760. The van der Waals surface area contributed by atoms with Crippen LogP contribution in [0.1, 0.15) is 20.9 Å². The summed E-state index contributed by atoms with van der Waals surface area (Å²) in [5.41, 5.74) is 0.873. The number of benzene rings is 1. The molecule has 1 amide bonds. The van der Waals surface area contributed by atoms with E-state index in [0.29, 0.717) is 16.6 Å². The predicted molar refractivity (Wildman–Crippen MR) is 89.2 cm³/mol. The number of nitrogens with one attached hydrogen (secondary N) is 2. The molecule has 116 valence electrons. The number of hydrogen-bond donors (Lipinski definition) is 2. The van der Waals surface area contributed by atoms with Gasteiger partial charge in [-0.1, -0.05) is 23.7 Å². The van der Waals surface area contributed by atoms with Crippen LogP contribution >= 0.6 is 22.9 Å². The molecule has 2 N–H and O–H groups in total. The van der Waals surface area contributed by atoms with Crippen LogP contribution in [0.3, 0.4) is 0 Å². The summed E-state index contributed by atoms with van der Waals surface area (Å²) in [6, 6.07) is 10.2. The largest absolute Gasteiger partial charge is 0.296 e. The van der Waals surface area contributed by atoms with Gasteiger partial charge in [0, 0.05) is 28.6 Å². The van der Waals surface area contributed by atoms with E-state index in [0.717, 1.165) is 10.4 Å². The van der Waals surface area contributed by atoms with Crippen molar-refractivity contribution in [1.29, 1.82) is 0 Å². The van der Waals surface area contributed by atoms with E-state index in [9.17, 15) is 9.59 Å². The smallest absolute Gasteiger partial charge is 0.277 e. The summed E-state index contributed by atoms with van der Waals surface area (Å²) in [7, 11) is 0. The molecule has 2 aromatic heterocycles. The van der Waals surface area contributed by atoms with Gasteiger partial charge < -0.3 is 0 Å². The molecule has 3 rings (SSSR count). The third-order valence-corrected chi connectivity index (χ3v) is 4.14. The molecule has 23 heavy (non-hydrogen) atoms. The van der Waals surface area contributed by atoms with Gasteiger partial charge in [0.25, 0.3) is 11.5 Å². The van der Waals surface area contributed by atoms with Crippen LogP contribution in [0, 0.1) is 0 Å². The van der Waals surface area contributed by atoms with Gasteiger partial charge in [-0.15, -0.1) is 11.3 Å². The Balaban J connectivity index is 1.67. The number of aromatic nitrogens is 3. The first kappa shape index (κ1) is 15.4. The first-order valence-electron chi connectivity index (χ1n) is 6.66. The van der Waals surface area contributed by atoms with Crippen LogP contribution in [0.2, 0.25) is 5.02 Å². The Labute approximate surface area is 140 Å². The van der Waals surface area contributed by atoms with E-state index < -0.39 is 5.91 Å². The maximum Gasteiger partial charge on any atom is 0.277 e. The summed E-state index contributed by atoms with van der Waals surface area (Å²) in [6.07, 6.45) is 2.43. The fraction of sp³-hybridized carbons (Fsp3) is 0.0667. The average molecular weight is 347 g/mol. The van der Waals surface area contributed by atoms with Crippen molar-refractivity contribution in [2.24, 2.45) is 0 Å². The molecule has 0 radical (unpaired) electrons. The zero-order valence-electron chi connectivity index (χ0n) is 11.7. The summed E-state index contributed by atoms with van der Waals surface area (Å²) in [5.74, 6) is -0.423. The first-order valence-corrected chi connectivity index (χ1v) is 7.86. The molecule has 0 unspecified atom stereocenters. The minimum Gasteiger partial charge on any atom is -0.296 e. The van der Waals surface area contributed by atoms with Gasteiger partial charge in [0.05, 0.1) is 0 Å². The van der Waals surface area contributed by atoms with Crippen molar-refractivity contribution in [3.05, 3.63) is 74.1 Å². The van der Waals surface area contributed by atoms with Crippen molar-refractivity contribution in [1.82, 2.24) is 15.2 Å². The van der Waals surface area contributed by atoms with E-state index in [-0.39, 0.29) is 11.3 Å². The molecule has 0 fully saturated rings. The summed E-state index contributed by atoms with van der Waals surface area (Å²) in [6.45, 7) is 0. The average Bonchev–Trinajstić information content (AvgIpc) is 2.97. The van der Waals surface area contributed by atoms with Crippen molar-refractivity contribution in [3.8, 4) is 0 Å². The van der Waals surface area contributed by atoms with Crippen LogP contribution in [0.5, 0.6) is 0 Å². The maximum atomic E-state index is 12.0.